The van der Waals surface area contributed by atoms with Crippen molar-refractivity contribution in [2.45, 2.75) is 20.8 Å². The lowest BCUT2D eigenvalue weighted by molar-refractivity contribution is 0.852. The molecule has 0 bridgehead atoms. The minimum absolute atomic E-state index is 0.623. The lowest BCUT2D eigenvalue weighted by Gasteiger charge is -2.10. The number of nitrogens with zero attached hydrogens (tertiary/aromatic N) is 3. The van der Waals surface area contributed by atoms with Gasteiger partial charge in [0.2, 0.25) is 5.95 Å². The van der Waals surface area contributed by atoms with E-state index in [0.29, 0.717) is 5.95 Å². The number of hydrogen-bond acceptors (Lipinski definition) is 3. The number of nitrogens with one attached hydrogen (secondary N) is 1. The molecule has 0 aliphatic carbocycles. The van der Waals surface area contributed by atoms with Crippen molar-refractivity contribution in [3.8, 4) is 0 Å². The van der Waals surface area contributed by atoms with Gasteiger partial charge >= 0.3 is 0 Å². The first-order valence-electron chi connectivity index (χ1n) is 4.88. The van der Waals surface area contributed by atoms with E-state index < -0.39 is 0 Å². The summed E-state index contributed by atoms with van der Waals surface area (Å²) >= 11 is 0. The molecule has 0 unspecified atom stereocenters. The van der Waals surface area contributed by atoms with Crippen LogP contribution < -0.4 is 5.43 Å². The number of aryl methyl sites for hydroxylation is 3. The zero-order valence-electron chi connectivity index (χ0n) is 9.15. The summed E-state index contributed by atoms with van der Waals surface area (Å²) in [6.45, 7) is 6.02. The van der Waals surface area contributed by atoms with E-state index in [1.165, 1.54) is 0 Å². The van der Waals surface area contributed by atoms with Crippen LogP contribution in [0.4, 0.5) is 5.95 Å². The number of anilines is 1. The monoisotopic (exact) mass is 202 g/mol. The van der Waals surface area contributed by atoms with Crippen LogP contribution in [0.25, 0.3) is 0 Å². The molecule has 0 atom stereocenters. The van der Waals surface area contributed by atoms with Crippen molar-refractivity contribution in [1.29, 1.82) is 0 Å². The standard InChI is InChI=1S/C11H14N4/c1-8-6-7-12-11(13-8)14-15-9(2)4-5-10(15)3/h4-7H,1-3H3,(H,12,13,14). The van der Waals surface area contributed by atoms with Crippen molar-refractivity contribution < 1.29 is 0 Å². The summed E-state index contributed by atoms with van der Waals surface area (Å²) in [5.74, 6) is 0.623. The van der Waals surface area contributed by atoms with Gasteiger partial charge in [0.1, 0.15) is 0 Å². The SMILES string of the molecule is Cc1ccnc(Nn2c(C)ccc2C)n1. The second-order valence-electron chi connectivity index (χ2n) is 3.58. The second-order valence-corrected chi connectivity index (χ2v) is 3.58. The molecule has 0 radical (unpaired) electrons. The van der Waals surface area contributed by atoms with Gasteiger partial charge < -0.3 is 0 Å². The zero-order chi connectivity index (χ0) is 10.8. The molecule has 2 aromatic heterocycles. The van der Waals surface area contributed by atoms with E-state index in [0.717, 1.165) is 17.1 Å². The molecule has 0 spiro atoms. The van der Waals surface area contributed by atoms with Crippen LogP contribution in [0.2, 0.25) is 0 Å². The molecule has 0 saturated heterocycles. The highest BCUT2D eigenvalue weighted by Crippen LogP contribution is 2.07. The smallest absolute Gasteiger partial charge is 0.242 e. The van der Waals surface area contributed by atoms with Gasteiger partial charge in [0, 0.05) is 23.3 Å². The third kappa shape index (κ3) is 1.98. The third-order valence-electron chi connectivity index (χ3n) is 2.28. The van der Waals surface area contributed by atoms with Gasteiger partial charge in [-0.25, -0.2) is 9.97 Å². The molecular weight excluding hydrogens is 188 g/mol. The summed E-state index contributed by atoms with van der Waals surface area (Å²) in [4.78, 5) is 8.44. The van der Waals surface area contributed by atoms with Gasteiger partial charge in [0.25, 0.3) is 0 Å². The molecule has 2 aromatic rings. The molecule has 0 aromatic carbocycles. The Hall–Kier alpha value is -1.84. The number of aromatic nitrogens is 3. The summed E-state index contributed by atoms with van der Waals surface area (Å²) in [5, 5.41) is 0. The van der Waals surface area contributed by atoms with Crippen LogP contribution >= 0.6 is 0 Å². The maximum atomic E-state index is 4.29. The fraction of sp³-hybridized carbons (Fsp3) is 0.273. The molecule has 2 heterocycles. The second kappa shape index (κ2) is 3.73. The largest absolute Gasteiger partial charge is 0.262 e. The Morgan fingerprint density at radius 2 is 1.73 bits per heavy atom. The lowest BCUT2D eigenvalue weighted by atomic mass is 10.5. The highest BCUT2D eigenvalue weighted by Gasteiger charge is 2.02. The summed E-state index contributed by atoms with van der Waals surface area (Å²) in [5.41, 5.74) is 6.38. The first-order valence-corrected chi connectivity index (χ1v) is 4.88. The van der Waals surface area contributed by atoms with Crippen LogP contribution in [-0.4, -0.2) is 14.6 Å². The van der Waals surface area contributed by atoms with Gasteiger partial charge in [0.05, 0.1) is 0 Å². The minimum Gasteiger partial charge on any atom is -0.262 e. The quantitative estimate of drug-likeness (QED) is 0.810. The van der Waals surface area contributed by atoms with Gasteiger partial charge in [-0.3, -0.25) is 10.1 Å². The van der Waals surface area contributed by atoms with Crippen LogP contribution in [0.3, 0.4) is 0 Å². The Kier molecular flexibility index (Phi) is 2.41. The molecule has 15 heavy (non-hydrogen) atoms. The Morgan fingerprint density at radius 3 is 2.33 bits per heavy atom. The number of hydrogen-bond donors (Lipinski definition) is 1. The Morgan fingerprint density at radius 1 is 1.07 bits per heavy atom. The molecule has 0 aliphatic heterocycles. The van der Waals surface area contributed by atoms with Crippen molar-refractivity contribution in [2.75, 3.05) is 5.43 Å². The van der Waals surface area contributed by atoms with Crippen molar-refractivity contribution >= 4 is 5.95 Å². The maximum Gasteiger partial charge on any atom is 0.242 e. The first kappa shape index (κ1) is 9.71. The van der Waals surface area contributed by atoms with Gasteiger partial charge in [-0.05, 0) is 39.0 Å². The van der Waals surface area contributed by atoms with E-state index in [9.17, 15) is 0 Å². The first-order chi connectivity index (χ1) is 7.16. The van der Waals surface area contributed by atoms with E-state index in [1.807, 2.05) is 31.5 Å². The summed E-state index contributed by atoms with van der Waals surface area (Å²) in [7, 11) is 0. The predicted octanol–water partition coefficient (Wildman–Crippen LogP) is 2.08. The molecular formula is C11H14N4. The van der Waals surface area contributed by atoms with Crippen molar-refractivity contribution in [3.05, 3.63) is 41.5 Å². The van der Waals surface area contributed by atoms with E-state index in [-0.39, 0.29) is 0 Å². The van der Waals surface area contributed by atoms with Gasteiger partial charge in [-0.2, -0.15) is 0 Å². The van der Waals surface area contributed by atoms with Crippen molar-refractivity contribution in [3.63, 3.8) is 0 Å². The van der Waals surface area contributed by atoms with E-state index in [1.54, 1.807) is 6.20 Å². The summed E-state index contributed by atoms with van der Waals surface area (Å²) in [6, 6.07) is 5.98. The van der Waals surface area contributed by atoms with Gasteiger partial charge in [-0.15, -0.1) is 0 Å². The molecule has 4 heteroatoms. The van der Waals surface area contributed by atoms with E-state index in [4.69, 9.17) is 0 Å². The van der Waals surface area contributed by atoms with Crippen molar-refractivity contribution in [1.82, 2.24) is 14.6 Å². The minimum atomic E-state index is 0.623. The lowest BCUT2D eigenvalue weighted by Crippen LogP contribution is -2.14. The average Bonchev–Trinajstić information content (AvgIpc) is 2.50. The van der Waals surface area contributed by atoms with Crippen LogP contribution in [0.1, 0.15) is 17.1 Å². The fourth-order valence-corrected chi connectivity index (χ4v) is 1.45. The number of rotatable bonds is 2. The van der Waals surface area contributed by atoms with E-state index in [2.05, 4.69) is 27.5 Å². The fourth-order valence-electron chi connectivity index (χ4n) is 1.45. The molecule has 1 N–H and O–H groups in total. The van der Waals surface area contributed by atoms with Gasteiger partial charge in [-0.1, -0.05) is 0 Å². The van der Waals surface area contributed by atoms with Crippen LogP contribution in [0.15, 0.2) is 24.4 Å². The van der Waals surface area contributed by atoms with Crippen LogP contribution in [0, 0.1) is 20.8 Å². The summed E-state index contributed by atoms with van der Waals surface area (Å²) < 4.78 is 1.97. The average molecular weight is 202 g/mol. The Bertz CT molecular complexity index is 454. The topological polar surface area (TPSA) is 42.7 Å². The highest BCUT2D eigenvalue weighted by molar-refractivity contribution is 5.28. The molecule has 0 saturated carbocycles. The van der Waals surface area contributed by atoms with Crippen molar-refractivity contribution in [2.24, 2.45) is 0 Å². The van der Waals surface area contributed by atoms with Crippen LogP contribution in [0.5, 0.6) is 0 Å². The Balaban J connectivity index is 2.29. The molecule has 2 rings (SSSR count). The zero-order valence-corrected chi connectivity index (χ0v) is 9.15. The Labute approximate surface area is 89.0 Å². The third-order valence-corrected chi connectivity index (χ3v) is 2.28. The molecule has 0 aliphatic rings. The summed E-state index contributed by atoms with van der Waals surface area (Å²) in [6.07, 6.45) is 1.75. The highest BCUT2D eigenvalue weighted by atomic mass is 15.5. The van der Waals surface area contributed by atoms with Gasteiger partial charge in [0.15, 0.2) is 0 Å². The molecule has 4 nitrogen and oxygen atoms in total. The molecule has 0 amide bonds. The maximum absolute atomic E-state index is 4.29. The molecule has 78 valence electrons. The van der Waals surface area contributed by atoms with Crippen LogP contribution in [-0.2, 0) is 0 Å². The normalized spacial score (nSPS) is 10.3. The van der Waals surface area contributed by atoms with E-state index >= 15 is 0 Å². The predicted molar refractivity (Wildman–Crippen MR) is 59.7 cm³/mol. The molecule has 0 fully saturated rings.